The number of rotatable bonds is 3. The maximum atomic E-state index is 4.55. The molecule has 1 aromatic heterocycles. The Morgan fingerprint density at radius 2 is 2.32 bits per heavy atom. The molecule has 2 fully saturated rings. The van der Waals surface area contributed by atoms with E-state index < -0.39 is 0 Å². The summed E-state index contributed by atoms with van der Waals surface area (Å²) in [6, 6.07) is 3.05. The number of piperidine rings is 2. The number of aryl methyl sites for hydroxylation is 2. The highest BCUT2D eigenvalue weighted by atomic mass is 15.3. The molecule has 1 N–H and O–H groups in total. The van der Waals surface area contributed by atoms with Gasteiger partial charge in [0.2, 0.25) is 0 Å². The van der Waals surface area contributed by atoms with Gasteiger partial charge < -0.3 is 5.32 Å². The quantitative estimate of drug-likeness (QED) is 0.897. The summed E-state index contributed by atoms with van der Waals surface area (Å²) in [6.07, 6.45) is 5.09. The van der Waals surface area contributed by atoms with Gasteiger partial charge in [0.05, 0.1) is 11.4 Å². The van der Waals surface area contributed by atoms with Gasteiger partial charge in [0, 0.05) is 32.7 Å². The zero-order valence-corrected chi connectivity index (χ0v) is 12.2. The van der Waals surface area contributed by atoms with Gasteiger partial charge in [-0.1, -0.05) is 6.92 Å². The van der Waals surface area contributed by atoms with Crippen LogP contribution < -0.4 is 5.32 Å². The normalized spacial score (nSPS) is 28.3. The molecule has 2 aliphatic heterocycles. The van der Waals surface area contributed by atoms with Crippen LogP contribution in [0.15, 0.2) is 6.07 Å². The van der Waals surface area contributed by atoms with E-state index in [0.717, 1.165) is 24.9 Å². The van der Waals surface area contributed by atoms with Crippen molar-refractivity contribution in [2.45, 2.75) is 45.2 Å². The summed E-state index contributed by atoms with van der Waals surface area (Å²) in [5, 5.41) is 8.24. The van der Waals surface area contributed by atoms with Crippen LogP contribution in [0.2, 0.25) is 0 Å². The second-order valence-electron chi connectivity index (χ2n) is 6.09. The van der Waals surface area contributed by atoms with Crippen molar-refractivity contribution < 1.29 is 0 Å². The molecule has 0 radical (unpaired) electrons. The lowest BCUT2D eigenvalue weighted by atomic mass is 9.85. The van der Waals surface area contributed by atoms with E-state index in [1.54, 1.807) is 0 Å². The maximum absolute atomic E-state index is 4.55. The molecule has 0 spiro atoms. The minimum Gasteiger partial charge on any atom is -0.314 e. The molecular weight excluding hydrogens is 236 g/mol. The molecule has 0 aromatic carbocycles. The van der Waals surface area contributed by atoms with Crippen LogP contribution in [-0.4, -0.2) is 40.4 Å². The van der Waals surface area contributed by atoms with Crippen molar-refractivity contribution in [1.29, 1.82) is 0 Å². The molecule has 1 aromatic rings. The summed E-state index contributed by atoms with van der Waals surface area (Å²) in [5.41, 5.74) is 2.57. The first-order valence-corrected chi connectivity index (χ1v) is 7.73. The molecule has 106 valence electrons. The minimum absolute atomic E-state index is 0.780. The number of hydrogen-bond acceptors (Lipinski definition) is 3. The molecule has 2 atom stereocenters. The van der Waals surface area contributed by atoms with Crippen LogP contribution in [0.25, 0.3) is 0 Å². The summed E-state index contributed by atoms with van der Waals surface area (Å²) in [7, 11) is 2.07. The summed E-state index contributed by atoms with van der Waals surface area (Å²) >= 11 is 0. The number of nitrogens with one attached hydrogen (secondary N) is 1. The molecule has 3 heterocycles. The number of nitrogens with zero attached hydrogens (tertiary/aromatic N) is 3. The molecular formula is C15H26N4. The fraction of sp³-hybridized carbons (Fsp3) is 0.800. The Balaban J connectivity index is 1.62. The van der Waals surface area contributed by atoms with E-state index in [9.17, 15) is 0 Å². The van der Waals surface area contributed by atoms with Gasteiger partial charge in [-0.2, -0.15) is 5.10 Å². The average molecular weight is 262 g/mol. The van der Waals surface area contributed by atoms with Gasteiger partial charge in [-0.15, -0.1) is 0 Å². The molecule has 4 nitrogen and oxygen atoms in total. The largest absolute Gasteiger partial charge is 0.314 e. The summed E-state index contributed by atoms with van der Waals surface area (Å²) in [6.45, 7) is 6.94. The smallest absolute Gasteiger partial charge is 0.0625 e. The number of aromatic nitrogens is 2. The molecule has 0 saturated carbocycles. The number of likely N-dealkylation sites (tertiary alicyclic amines) is 1. The van der Waals surface area contributed by atoms with Gasteiger partial charge in [-0.3, -0.25) is 9.58 Å². The van der Waals surface area contributed by atoms with E-state index in [1.807, 2.05) is 0 Å². The first-order chi connectivity index (χ1) is 9.26. The van der Waals surface area contributed by atoms with Crippen molar-refractivity contribution in [2.24, 2.45) is 13.0 Å². The predicted molar refractivity (Wildman–Crippen MR) is 77.0 cm³/mol. The molecule has 2 aliphatic rings. The second-order valence-corrected chi connectivity index (χ2v) is 6.09. The Morgan fingerprint density at radius 3 is 3.11 bits per heavy atom. The molecule has 0 bridgehead atoms. The first kappa shape index (κ1) is 13.1. The minimum atomic E-state index is 0.780. The Hall–Kier alpha value is -0.870. The van der Waals surface area contributed by atoms with Crippen molar-refractivity contribution >= 4 is 0 Å². The Labute approximate surface area is 116 Å². The topological polar surface area (TPSA) is 33.1 Å². The van der Waals surface area contributed by atoms with Gasteiger partial charge in [-0.25, -0.2) is 0 Å². The standard InChI is InChI=1S/C15H26N4/c1-3-13-9-14(18(2)17-13)11-19-8-6-15-12(10-19)5-4-7-16-15/h9,12,15-16H,3-8,10-11H2,1-2H3. The molecule has 0 aliphatic carbocycles. The zero-order valence-electron chi connectivity index (χ0n) is 12.2. The highest BCUT2D eigenvalue weighted by molar-refractivity contribution is 5.10. The fourth-order valence-corrected chi connectivity index (χ4v) is 3.59. The van der Waals surface area contributed by atoms with Crippen molar-refractivity contribution in [2.75, 3.05) is 19.6 Å². The first-order valence-electron chi connectivity index (χ1n) is 7.73. The van der Waals surface area contributed by atoms with Crippen molar-refractivity contribution in [1.82, 2.24) is 20.0 Å². The Morgan fingerprint density at radius 1 is 1.42 bits per heavy atom. The Kier molecular flexibility index (Phi) is 3.89. The lowest BCUT2D eigenvalue weighted by molar-refractivity contribution is 0.107. The van der Waals surface area contributed by atoms with Crippen LogP contribution in [0.5, 0.6) is 0 Å². The van der Waals surface area contributed by atoms with Gasteiger partial charge in [0.25, 0.3) is 0 Å². The number of hydrogen-bond donors (Lipinski definition) is 1. The van der Waals surface area contributed by atoms with Gasteiger partial charge >= 0.3 is 0 Å². The third-order valence-electron chi connectivity index (χ3n) is 4.75. The van der Waals surface area contributed by atoms with E-state index >= 15 is 0 Å². The summed E-state index contributed by atoms with van der Waals surface area (Å²) in [4.78, 5) is 2.62. The zero-order chi connectivity index (χ0) is 13.2. The van der Waals surface area contributed by atoms with E-state index in [1.165, 1.54) is 50.3 Å². The van der Waals surface area contributed by atoms with Crippen molar-refractivity contribution in [3.63, 3.8) is 0 Å². The lowest BCUT2D eigenvalue weighted by Gasteiger charge is -2.41. The van der Waals surface area contributed by atoms with Gasteiger partial charge in [0.15, 0.2) is 0 Å². The predicted octanol–water partition coefficient (Wildman–Crippen LogP) is 1.56. The van der Waals surface area contributed by atoms with Crippen LogP contribution in [0, 0.1) is 5.92 Å². The molecule has 4 heteroatoms. The monoisotopic (exact) mass is 262 g/mol. The van der Waals surface area contributed by atoms with Crippen LogP contribution in [-0.2, 0) is 20.0 Å². The van der Waals surface area contributed by atoms with Crippen molar-refractivity contribution in [3.8, 4) is 0 Å². The van der Waals surface area contributed by atoms with Gasteiger partial charge in [0.1, 0.15) is 0 Å². The Bertz CT molecular complexity index is 426. The SMILES string of the molecule is CCc1cc(CN2CCC3NCCCC3C2)n(C)n1. The average Bonchev–Trinajstić information content (AvgIpc) is 2.79. The van der Waals surface area contributed by atoms with E-state index in [2.05, 4.69) is 40.0 Å². The molecule has 3 rings (SSSR count). The second kappa shape index (κ2) is 5.63. The molecule has 2 unspecified atom stereocenters. The van der Waals surface area contributed by atoms with Crippen LogP contribution >= 0.6 is 0 Å². The third kappa shape index (κ3) is 2.84. The fourth-order valence-electron chi connectivity index (χ4n) is 3.59. The summed E-state index contributed by atoms with van der Waals surface area (Å²) < 4.78 is 2.06. The summed E-state index contributed by atoms with van der Waals surface area (Å²) in [5.74, 6) is 0.862. The third-order valence-corrected chi connectivity index (χ3v) is 4.75. The molecule has 2 saturated heterocycles. The van der Waals surface area contributed by atoms with E-state index in [4.69, 9.17) is 0 Å². The highest BCUT2D eigenvalue weighted by Crippen LogP contribution is 2.25. The van der Waals surface area contributed by atoms with E-state index in [0.29, 0.717) is 0 Å². The van der Waals surface area contributed by atoms with Crippen LogP contribution in [0.3, 0.4) is 0 Å². The van der Waals surface area contributed by atoms with Crippen LogP contribution in [0.4, 0.5) is 0 Å². The number of fused-ring (bicyclic) bond motifs is 1. The molecule has 19 heavy (non-hydrogen) atoms. The van der Waals surface area contributed by atoms with E-state index in [-0.39, 0.29) is 0 Å². The molecule has 0 amide bonds. The highest BCUT2D eigenvalue weighted by Gasteiger charge is 2.31. The van der Waals surface area contributed by atoms with Crippen LogP contribution in [0.1, 0.15) is 37.6 Å². The lowest BCUT2D eigenvalue weighted by Crippen LogP contribution is -2.51. The van der Waals surface area contributed by atoms with Crippen molar-refractivity contribution in [3.05, 3.63) is 17.5 Å². The maximum Gasteiger partial charge on any atom is 0.0625 e. The van der Waals surface area contributed by atoms with Gasteiger partial charge in [-0.05, 0) is 44.2 Å².